The minimum atomic E-state index is -1.44. The molecule has 3 rings (SSSR count). The second-order valence-corrected chi connectivity index (χ2v) is 22.9. The number of nitrogens with two attached hydrogens (primary N) is 1. The number of primary amides is 1. The molecule has 31 nitrogen and oxygen atoms in total. The fourth-order valence-electron chi connectivity index (χ4n) is 10.5. The average molecular weight is 1270 g/mol. The number of rotatable bonds is 44. The Morgan fingerprint density at radius 3 is 0.966 bits per heavy atom. The quantitative estimate of drug-likeness (QED) is 0.0257. The molecular weight excluding hydrogens is 1160 g/mol. The van der Waals surface area contributed by atoms with E-state index < -0.39 is 147 Å². The van der Waals surface area contributed by atoms with E-state index in [1.807, 2.05) is 0 Å². The molecule has 3 fully saturated rings. The maximum atomic E-state index is 13.6. The minimum absolute atomic E-state index is 0.0450. The van der Waals surface area contributed by atoms with E-state index >= 15 is 0 Å². The monoisotopic (exact) mass is 1270 g/mol. The number of ether oxygens (including phenoxy) is 6. The summed E-state index contributed by atoms with van der Waals surface area (Å²) >= 11 is 0. The van der Waals surface area contributed by atoms with Crippen LogP contribution in [-0.4, -0.2) is 250 Å². The summed E-state index contributed by atoms with van der Waals surface area (Å²) < 4.78 is 34.2. The van der Waals surface area contributed by atoms with Crippen LogP contribution in [0.5, 0.6) is 0 Å². The van der Waals surface area contributed by atoms with Gasteiger partial charge in [0, 0.05) is 97.9 Å². The summed E-state index contributed by atoms with van der Waals surface area (Å²) in [5, 5.41) is 110. The van der Waals surface area contributed by atoms with Crippen molar-refractivity contribution in [1.82, 2.24) is 37.2 Å². The fraction of sp³-hybridized carbons (Fsp3) is 0.860. The smallest absolute Gasteiger partial charge is 0.220 e. The molecule has 8 amide bonds. The number of hydrogen-bond donors (Lipinski definition) is 17. The molecule has 15 atom stereocenters. The Hall–Kier alpha value is -4.84. The molecule has 88 heavy (non-hydrogen) atoms. The van der Waals surface area contributed by atoms with E-state index in [2.05, 4.69) is 37.2 Å². The van der Waals surface area contributed by atoms with Crippen molar-refractivity contribution in [3.63, 3.8) is 0 Å². The van der Waals surface area contributed by atoms with E-state index in [0.717, 1.165) is 0 Å². The molecule has 3 heterocycles. The van der Waals surface area contributed by atoms with Crippen LogP contribution < -0.4 is 43.0 Å². The van der Waals surface area contributed by atoms with Crippen LogP contribution in [0.15, 0.2) is 0 Å². The van der Waals surface area contributed by atoms with Crippen molar-refractivity contribution >= 4 is 47.3 Å². The molecule has 0 radical (unpaired) electrons. The van der Waals surface area contributed by atoms with Gasteiger partial charge in [0.1, 0.15) is 73.1 Å². The van der Waals surface area contributed by atoms with Crippen LogP contribution in [-0.2, 0) is 66.8 Å². The number of hydrogen-bond acceptors (Lipinski definition) is 23. The van der Waals surface area contributed by atoms with Gasteiger partial charge in [0.2, 0.25) is 47.3 Å². The van der Waals surface area contributed by atoms with Crippen molar-refractivity contribution in [2.45, 2.75) is 253 Å². The summed E-state index contributed by atoms with van der Waals surface area (Å²) in [6.45, 7) is 3.40. The predicted octanol–water partition coefficient (Wildman–Crippen LogP) is -4.25. The minimum Gasteiger partial charge on any atom is -0.394 e. The molecule has 15 unspecified atom stereocenters. The molecule has 3 saturated heterocycles. The van der Waals surface area contributed by atoms with E-state index in [1.165, 1.54) is 20.8 Å². The third-order valence-electron chi connectivity index (χ3n) is 15.5. The van der Waals surface area contributed by atoms with Gasteiger partial charge in [-0.1, -0.05) is 38.5 Å². The van der Waals surface area contributed by atoms with E-state index in [0.29, 0.717) is 96.7 Å². The maximum absolute atomic E-state index is 13.6. The standard InChI is InChI=1S/C57H102N8O23/c1-34(69)62-45-51(80)48(77)37(31-66)86-54(45)83-28-13-7-4-10-25-59-41(73)19-22-57(65-44(76)18-16-17-40(58)72,23-20-42(74)60-26-11-5-8-14-29-84-55-46(63-35(2)70)52(81)49(78)38(32-67)87-55)24-21-43(75)61-27-12-6-9-15-30-85-56-47(64-36(3)71)53(82)50(79)39(33-68)88-56/h37-39,45-56,66-68,77-82H,4-33H2,1-3H3,(H2,58,72)(H,59,73)(H,60,74)(H,61,75)(H,62,69)(H,63,70)(H,64,71)(H,65,76). The Bertz CT molecular complexity index is 1910. The summed E-state index contributed by atoms with van der Waals surface area (Å²) in [6, 6.07) is -3.20. The third-order valence-corrected chi connectivity index (χ3v) is 15.5. The molecule has 31 heteroatoms. The van der Waals surface area contributed by atoms with Gasteiger partial charge < -0.3 is 117 Å². The van der Waals surface area contributed by atoms with Gasteiger partial charge in [-0.05, 0) is 64.2 Å². The molecule has 3 aliphatic rings. The molecule has 0 aromatic carbocycles. The molecule has 508 valence electrons. The van der Waals surface area contributed by atoms with Crippen LogP contribution >= 0.6 is 0 Å². The van der Waals surface area contributed by atoms with Crippen molar-refractivity contribution in [3.05, 3.63) is 0 Å². The lowest BCUT2D eigenvalue weighted by Crippen LogP contribution is -2.64. The Morgan fingerprint density at radius 1 is 0.398 bits per heavy atom. The highest BCUT2D eigenvalue weighted by atomic mass is 16.7. The molecule has 3 aliphatic heterocycles. The van der Waals surface area contributed by atoms with Crippen LogP contribution in [0.2, 0.25) is 0 Å². The zero-order valence-electron chi connectivity index (χ0n) is 51.2. The van der Waals surface area contributed by atoms with Crippen LogP contribution in [0.3, 0.4) is 0 Å². The summed E-state index contributed by atoms with van der Waals surface area (Å²) in [5.41, 5.74) is 4.11. The Morgan fingerprint density at radius 2 is 0.693 bits per heavy atom. The summed E-state index contributed by atoms with van der Waals surface area (Å²) in [4.78, 5) is 101. The molecule has 0 bridgehead atoms. The predicted molar refractivity (Wildman–Crippen MR) is 310 cm³/mol. The second-order valence-electron chi connectivity index (χ2n) is 22.9. The first-order valence-corrected chi connectivity index (χ1v) is 30.9. The first-order chi connectivity index (χ1) is 42.0. The van der Waals surface area contributed by atoms with Crippen molar-refractivity contribution < 1.29 is 113 Å². The van der Waals surface area contributed by atoms with Crippen LogP contribution in [0, 0.1) is 0 Å². The SMILES string of the molecule is CC(=O)NC1C(OCCCCCCNC(=O)CCC(CCC(=O)NCCCCCCOC2OC(CO)C(O)C(O)C2NC(C)=O)(CCC(=O)NCCCCCCOC2OC(CO)C(O)C(O)C2NC(C)=O)NC(=O)CCCC(N)=O)OC(CO)C(O)C1O. The highest BCUT2D eigenvalue weighted by Gasteiger charge is 2.48. The highest BCUT2D eigenvalue weighted by molar-refractivity contribution is 5.81. The Kier molecular flexibility index (Phi) is 37.2. The lowest BCUT2D eigenvalue weighted by atomic mass is 9.82. The first-order valence-electron chi connectivity index (χ1n) is 30.9. The van der Waals surface area contributed by atoms with Crippen molar-refractivity contribution in [2.24, 2.45) is 5.73 Å². The number of amides is 8. The normalized spacial score (nSPS) is 27.7. The lowest BCUT2D eigenvalue weighted by Gasteiger charge is -2.42. The van der Waals surface area contributed by atoms with Gasteiger partial charge in [0.15, 0.2) is 18.9 Å². The average Bonchev–Trinajstić information content (AvgIpc) is 1.73. The summed E-state index contributed by atoms with van der Waals surface area (Å²) in [5.74, 6) is -3.51. The molecule has 18 N–H and O–H groups in total. The topological polar surface area (TPSA) is 484 Å². The number of nitrogens with one attached hydrogen (secondary N) is 7. The number of unbranched alkanes of at least 4 members (excludes halogenated alkanes) is 9. The molecule has 0 aromatic heterocycles. The van der Waals surface area contributed by atoms with Crippen molar-refractivity contribution in [3.8, 4) is 0 Å². The van der Waals surface area contributed by atoms with Gasteiger partial charge in [-0.3, -0.25) is 38.4 Å². The van der Waals surface area contributed by atoms with Gasteiger partial charge in [0.25, 0.3) is 0 Å². The highest BCUT2D eigenvalue weighted by Crippen LogP contribution is 2.29. The van der Waals surface area contributed by atoms with Crippen molar-refractivity contribution in [1.29, 1.82) is 0 Å². The van der Waals surface area contributed by atoms with E-state index in [-0.39, 0.29) is 95.3 Å². The Balaban J connectivity index is 1.58. The molecule has 0 aliphatic carbocycles. The van der Waals surface area contributed by atoms with Crippen LogP contribution in [0.25, 0.3) is 0 Å². The molecular formula is C57H102N8O23. The molecule has 0 saturated carbocycles. The van der Waals surface area contributed by atoms with Crippen LogP contribution in [0.1, 0.15) is 156 Å². The van der Waals surface area contributed by atoms with Gasteiger partial charge >= 0.3 is 0 Å². The number of aliphatic hydroxyl groups is 9. The largest absolute Gasteiger partial charge is 0.394 e. The maximum Gasteiger partial charge on any atom is 0.220 e. The van der Waals surface area contributed by atoms with E-state index in [9.17, 15) is 84.3 Å². The Labute approximate surface area is 513 Å². The fourth-order valence-corrected chi connectivity index (χ4v) is 10.5. The van der Waals surface area contributed by atoms with Gasteiger partial charge in [-0.2, -0.15) is 0 Å². The first kappa shape index (κ1) is 77.4. The molecule has 0 spiro atoms. The van der Waals surface area contributed by atoms with Crippen molar-refractivity contribution in [2.75, 3.05) is 59.3 Å². The van der Waals surface area contributed by atoms with Gasteiger partial charge in [0.05, 0.1) is 19.8 Å². The summed E-state index contributed by atoms with van der Waals surface area (Å²) in [7, 11) is 0. The van der Waals surface area contributed by atoms with Gasteiger partial charge in [-0.25, -0.2) is 0 Å². The number of carbonyl (C=O) groups excluding carboxylic acids is 8. The molecule has 0 aromatic rings. The second kappa shape index (κ2) is 42.3. The third kappa shape index (κ3) is 28.5. The van der Waals surface area contributed by atoms with Crippen LogP contribution in [0.4, 0.5) is 0 Å². The van der Waals surface area contributed by atoms with E-state index in [1.54, 1.807) is 0 Å². The number of carbonyl (C=O) groups is 8. The van der Waals surface area contributed by atoms with E-state index in [4.69, 9.17) is 34.2 Å². The zero-order chi connectivity index (χ0) is 65.2. The van der Waals surface area contributed by atoms with Gasteiger partial charge in [-0.15, -0.1) is 0 Å². The lowest BCUT2D eigenvalue weighted by molar-refractivity contribution is -0.270. The zero-order valence-corrected chi connectivity index (χ0v) is 51.2. The summed E-state index contributed by atoms with van der Waals surface area (Å²) in [6.07, 6.45) is -8.12. The number of aliphatic hydroxyl groups excluding tert-OH is 9.